The zero-order valence-corrected chi connectivity index (χ0v) is 9.33. The van der Waals surface area contributed by atoms with Crippen LogP contribution in [0.4, 0.5) is 0 Å². The highest BCUT2D eigenvalue weighted by Gasteiger charge is 2.02. The highest BCUT2D eigenvalue weighted by molar-refractivity contribution is 14.1. The van der Waals surface area contributed by atoms with Gasteiger partial charge in [-0.1, -0.05) is 12.1 Å². The Kier molecular flexibility index (Phi) is 3.81. The number of benzene rings is 1. The van der Waals surface area contributed by atoms with Crippen molar-refractivity contribution in [1.29, 1.82) is 0 Å². The summed E-state index contributed by atoms with van der Waals surface area (Å²) in [6.07, 6.45) is 0. The van der Waals surface area contributed by atoms with Gasteiger partial charge in [0.2, 0.25) is 0 Å². The quantitative estimate of drug-likeness (QED) is 0.677. The molecule has 0 saturated heterocycles. The molecule has 3 heteroatoms. The van der Waals surface area contributed by atoms with Crippen LogP contribution < -0.4 is 8.27 Å². The van der Waals surface area contributed by atoms with Crippen LogP contribution in [0.5, 0.6) is 5.75 Å². The maximum absolute atomic E-state index is 5.12. The lowest BCUT2D eigenvalue weighted by Crippen LogP contribution is -2.05. The van der Waals surface area contributed by atoms with Gasteiger partial charge >= 0.3 is 0 Å². The van der Waals surface area contributed by atoms with Crippen LogP contribution in [-0.2, 0) is 0 Å². The van der Waals surface area contributed by atoms with Crippen molar-refractivity contribution in [2.24, 2.45) is 0 Å². The van der Waals surface area contributed by atoms with Crippen LogP contribution in [0.15, 0.2) is 24.3 Å². The summed E-state index contributed by atoms with van der Waals surface area (Å²) < 4.78 is 8.27. The molecule has 1 N–H and O–H groups in total. The molecule has 0 aliphatic carbocycles. The smallest absolute Gasteiger partial charge is 0.119 e. The molecule has 0 spiro atoms. The van der Waals surface area contributed by atoms with E-state index in [0.717, 1.165) is 5.75 Å². The van der Waals surface area contributed by atoms with E-state index in [1.807, 2.05) is 18.2 Å². The van der Waals surface area contributed by atoms with E-state index in [1.54, 1.807) is 7.11 Å². The number of ether oxygens (including phenoxy) is 1. The number of hydrogen-bond acceptors (Lipinski definition) is 2. The van der Waals surface area contributed by atoms with Gasteiger partial charge in [0.25, 0.3) is 0 Å². The summed E-state index contributed by atoms with van der Waals surface area (Å²) in [4.78, 5) is 0. The van der Waals surface area contributed by atoms with E-state index in [2.05, 4.69) is 39.4 Å². The number of hydrogen-bond donors (Lipinski definition) is 1. The molecule has 0 aliphatic heterocycles. The lowest BCUT2D eigenvalue weighted by Gasteiger charge is -2.09. The van der Waals surface area contributed by atoms with E-state index in [1.165, 1.54) is 5.56 Å². The highest BCUT2D eigenvalue weighted by atomic mass is 127. The Labute approximate surface area is 86.8 Å². The highest BCUT2D eigenvalue weighted by Crippen LogP contribution is 2.18. The van der Waals surface area contributed by atoms with Gasteiger partial charge in [0.05, 0.1) is 7.11 Å². The molecule has 0 unspecified atom stereocenters. The van der Waals surface area contributed by atoms with Gasteiger partial charge in [-0.3, -0.25) is 3.53 Å². The Balaban J connectivity index is 2.86. The Hall–Kier alpha value is -0.290. The van der Waals surface area contributed by atoms with E-state index in [9.17, 15) is 0 Å². The average Bonchev–Trinajstić information content (AvgIpc) is 2.17. The lowest BCUT2D eigenvalue weighted by molar-refractivity contribution is 0.414. The predicted octanol–water partition coefficient (Wildman–Crippen LogP) is 2.70. The summed E-state index contributed by atoms with van der Waals surface area (Å²) in [6, 6.07) is 8.43. The van der Waals surface area contributed by atoms with Gasteiger partial charge in [-0.15, -0.1) is 0 Å². The third-order valence-electron chi connectivity index (χ3n) is 1.76. The van der Waals surface area contributed by atoms with Crippen molar-refractivity contribution in [2.45, 2.75) is 13.0 Å². The number of halogens is 1. The van der Waals surface area contributed by atoms with Crippen LogP contribution in [-0.4, -0.2) is 7.11 Å². The van der Waals surface area contributed by atoms with Crippen molar-refractivity contribution in [2.75, 3.05) is 7.11 Å². The first-order valence-corrected chi connectivity index (χ1v) is 4.86. The van der Waals surface area contributed by atoms with E-state index in [-0.39, 0.29) is 0 Å². The maximum Gasteiger partial charge on any atom is 0.119 e. The van der Waals surface area contributed by atoms with Gasteiger partial charge in [-0.2, -0.15) is 0 Å². The van der Waals surface area contributed by atoms with E-state index in [0.29, 0.717) is 6.04 Å². The molecule has 0 saturated carbocycles. The van der Waals surface area contributed by atoms with Crippen molar-refractivity contribution >= 4 is 22.9 Å². The molecular weight excluding hydrogens is 265 g/mol. The molecule has 0 fully saturated rings. The van der Waals surface area contributed by atoms with Crippen LogP contribution >= 0.6 is 22.9 Å². The second kappa shape index (κ2) is 4.67. The standard InChI is InChI=1S/C9H12INO/c1-7(11-10)8-4-3-5-9(6-8)12-2/h3-7,11H,1-2H3/t7-/m1/s1. The van der Waals surface area contributed by atoms with Crippen LogP contribution in [0.1, 0.15) is 18.5 Å². The first kappa shape index (κ1) is 9.80. The average molecular weight is 277 g/mol. The van der Waals surface area contributed by atoms with E-state index < -0.39 is 0 Å². The Morgan fingerprint density at radius 2 is 2.25 bits per heavy atom. The minimum Gasteiger partial charge on any atom is -0.497 e. The number of methoxy groups -OCH3 is 1. The molecular formula is C9H12INO. The molecule has 0 heterocycles. The molecule has 12 heavy (non-hydrogen) atoms. The molecule has 2 nitrogen and oxygen atoms in total. The first-order chi connectivity index (χ1) is 5.77. The summed E-state index contributed by atoms with van der Waals surface area (Å²) in [7, 11) is 1.68. The SMILES string of the molecule is COc1cccc([C@@H](C)NI)c1. The molecule has 0 bridgehead atoms. The topological polar surface area (TPSA) is 21.3 Å². The maximum atomic E-state index is 5.12. The number of rotatable bonds is 3. The minimum atomic E-state index is 0.362. The van der Waals surface area contributed by atoms with Crippen molar-refractivity contribution in [3.8, 4) is 5.75 Å². The normalized spacial score (nSPS) is 12.6. The van der Waals surface area contributed by atoms with Gasteiger partial charge in [-0.05, 0) is 24.6 Å². The monoisotopic (exact) mass is 277 g/mol. The van der Waals surface area contributed by atoms with Crippen molar-refractivity contribution in [3.05, 3.63) is 29.8 Å². The minimum absolute atomic E-state index is 0.362. The Bertz CT molecular complexity index is 252. The summed E-state index contributed by atoms with van der Waals surface area (Å²) in [6.45, 7) is 2.11. The van der Waals surface area contributed by atoms with Gasteiger partial charge in [0.1, 0.15) is 5.75 Å². The molecule has 1 aromatic rings. The summed E-state index contributed by atoms with van der Waals surface area (Å²) >= 11 is 2.15. The van der Waals surface area contributed by atoms with Gasteiger partial charge in [0, 0.05) is 28.9 Å². The Morgan fingerprint density at radius 1 is 1.50 bits per heavy atom. The summed E-state index contributed by atoms with van der Waals surface area (Å²) in [5.74, 6) is 0.908. The third-order valence-corrected chi connectivity index (χ3v) is 2.69. The molecule has 0 aromatic heterocycles. The molecule has 1 atom stereocenters. The van der Waals surface area contributed by atoms with Crippen molar-refractivity contribution < 1.29 is 4.74 Å². The summed E-state index contributed by atoms with van der Waals surface area (Å²) in [5.41, 5.74) is 1.24. The lowest BCUT2D eigenvalue weighted by atomic mass is 10.1. The largest absolute Gasteiger partial charge is 0.497 e. The van der Waals surface area contributed by atoms with Crippen LogP contribution in [0.25, 0.3) is 0 Å². The molecule has 1 rings (SSSR count). The zero-order valence-electron chi connectivity index (χ0n) is 7.17. The molecule has 66 valence electrons. The number of nitrogens with one attached hydrogen (secondary N) is 1. The third kappa shape index (κ3) is 2.35. The van der Waals surface area contributed by atoms with Crippen LogP contribution in [0.2, 0.25) is 0 Å². The van der Waals surface area contributed by atoms with Crippen LogP contribution in [0.3, 0.4) is 0 Å². The van der Waals surface area contributed by atoms with E-state index >= 15 is 0 Å². The predicted molar refractivity (Wildman–Crippen MR) is 58.6 cm³/mol. The second-order valence-electron chi connectivity index (χ2n) is 2.61. The molecule has 0 aliphatic rings. The van der Waals surface area contributed by atoms with Gasteiger partial charge in [0.15, 0.2) is 0 Å². The fourth-order valence-corrected chi connectivity index (χ4v) is 1.33. The molecule has 1 aromatic carbocycles. The van der Waals surface area contributed by atoms with E-state index in [4.69, 9.17) is 4.74 Å². The second-order valence-corrected chi connectivity index (χ2v) is 3.23. The van der Waals surface area contributed by atoms with Crippen LogP contribution in [0, 0.1) is 0 Å². The van der Waals surface area contributed by atoms with Crippen molar-refractivity contribution in [1.82, 2.24) is 3.53 Å². The first-order valence-electron chi connectivity index (χ1n) is 3.78. The Morgan fingerprint density at radius 3 is 2.83 bits per heavy atom. The fourth-order valence-electron chi connectivity index (χ4n) is 0.974. The van der Waals surface area contributed by atoms with Gasteiger partial charge < -0.3 is 4.74 Å². The molecule has 0 radical (unpaired) electrons. The molecule has 0 amide bonds. The fraction of sp³-hybridized carbons (Fsp3) is 0.333. The summed E-state index contributed by atoms with van der Waals surface area (Å²) in [5, 5.41) is 0. The van der Waals surface area contributed by atoms with Gasteiger partial charge in [-0.25, -0.2) is 0 Å². The zero-order chi connectivity index (χ0) is 8.97. The van der Waals surface area contributed by atoms with Crippen molar-refractivity contribution in [3.63, 3.8) is 0 Å².